The molecule has 3 N–H and O–H groups in total. The maximum atomic E-state index is 12.2. The number of imidazole rings is 1. The van der Waals surface area contributed by atoms with Gasteiger partial charge in [-0.1, -0.05) is 6.07 Å². The molecule has 3 aromatic heterocycles. The van der Waals surface area contributed by atoms with Gasteiger partial charge in [-0.15, -0.1) is 5.10 Å². The molecule has 0 unspecified atom stereocenters. The molecule has 0 saturated heterocycles. The summed E-state index contributed by atoms with van der Waals surface area (Å²) >= 11 is 0. The van der Waals surface area contributed by atoms with Crippen LogP contribution in [-0.4, -0.2) is 42.0 Å². The first-order valence-electron chi connectivity index (χ1n) is 10.2. The van der Waals surface area contributed by atoms with Gasteiger partial charge in [0.2, 0.25) is 11.9 Å². The molecule has 0 bridgehead atoms. The van der Waals surface area contributed by atoms with Gasteiger partial charge in [-0.3, -0.25) is 4.79 Å². The van der Waals surface area contributed by atoms with Crippen molar-refractivity contribution in [3.8, 4) is 0 Å². The lowest BCUT2D eigenvalue weighted by Crippen LogP contribution is -2.31. The Hall–Kier alpha value is -3.95. The molecule has 2 aliphatic rings. The minimum absolute atomic E-state index is 0.00261. The number of aromatic nitrogens is 6. The molecule has 4 aromatic rings. The number of hydrogen-bond donors (Lipinski definition) is 3. The topological polar surface area (TPSA) is 116 Å². The van der Waals surface area contributed by atoms with Crippen LogP contribution in [0.2, 0.25) is 0 Å². The average molecular weight is 415 g/mol. The van der Waals surface area contributed by atoms with Crippen LogP contribution in [0.5, 0.6) is 0 Å². The SMILES string of the molecule is CC1(C)C(=O)Nc2cc(Nc3nc4c(N5CCc6[nH]cnc6C5)nccn4n3)ccc21. The van der Waals surface area contributed by atoms with E-state index in [0.717, 1.165) is 41.4 Å². The molecule has 0 aliphatic carbocycles. The van der Waals surface area contributed by atoms with Gasteiger partial charge in [-0.05, 0) is 31.5 Å². The highest BCUT2D eigenvalue weighted by Crippen LogP contribution is 2.39. The van der Waals surface area contributed by atoms with Gasteiger partial charge >= 0.3 is 0 Å². The molecule has 0 fully saturated rings. The molecule has 10 heteroatoms. The smallest absolute Gasteiger partial charge is 0.247 e. The van der Waals surface area contributed by atoms with E-state index in [-0.39, 0.29) is 5.91 Å². The lowest BCUT2D eigenvalue weighted by molar-refractivity contribution is -0.119. The second kappa shape index (κ2) is 6.27. The van der Waals surface area contributed by atoms with E-state index in [1.54, 1.807) is 23.2 Å². The Morgan fingerprint density at radius 1 is 1.23 bits per heavy atom. The largest absolute Gasteiger partial charge is 0.348 e. The van der Waals surface area contributed by atoms with Crippen LogP contribution in [0.15, 0.2) is 36.9 Å². The van der Waals surface area contributed by atoms with Crippen molar-refractivity contribution in [2.75, 3.05) is 22.1 Å². The molecule has 31 heavy (non-hydrogen) atoms. The molecule has 10 nitrogen and oxygen atoms in total. The summed E-state index contributed by atoms with van der Waals surface area (Å²) in [6.45, 7) is 5.36. The van der Waals surface area contributed by atoms with E-state index in [9.17, 15) is 4.79 Å². The molecule has 0 spiro atoms. The van der Waals surface area contributed by atoms with Crippen molar-refractivity contribution >= 4 is 34.7 Å². The molecule has 0 atom stereocenters. The number of benzene rings is 1. The highest BCUT2D eigenvalue weighted by atomic mass is 16.2. The lowest BCUT2D eigenvalue weighted by Gasteiger charge is -2.26. The Morgan fingerprint density at radius 3 is 3.03 bits per heavy atom. The molecular weight excluding hydrogens is 394 g/mol. The van der Waals surface area contributed by atoms with Crippen LogP contribution in [0.4, 0.5) is 23.1 Å². The normalized spacial score (nSPS) is 16.8. The second-order valence-corrected chi connectivity index (χ2v) is 8.42. The number of nitrogens with zero attached hydrogens (tertiary/aromatic N) is 6. The lowest BCUT2D eigenvalue weighted by atomic mass is 9.86. The maximum Gasteiger partial charge on any atom is 0.247 e. The van der Waals surface area contributed by atoms with E-state index in [1.807, 2.05) is 32.0 Å². The van der Waals surface area contributed by atoms with Crippen LogP contribution in [0.1, 0.15) is 30.8 Å². The number of fused-ring (bicyclic) bond motifs is 3. The third kappa shape index (κ3) is 2.75. The first kappa shape index (κ1) is 17.9. The van der Waals surface area contributed by atoms with Gasteiger partial charge in [0.15, 0.2) is 11.5 Å². The number of carbonyl (C=O) groups is 1. The van der Waals surface area contributed by atoms with Crippen molar-refractivity contribution in [3.05, 3.63) is 53.9 Å². The minimum atomic E-state index is -0.529. The van der Waals surface area contributed by atoms with E-state index in [2.05, 4.69) is 40.6 Å². The third-order valence-electron chi connectivity index (χ3n) is 6.08. The maximum absolute atomic E-state index is 12.2. The molecular formula is C21H21N9O. The van der Waals surface area contributed by atoms with Gasteiger partial charge in [-0.2, -0.15) is 4.98 Å². The molecule has 0 saturated carbocycles. The van der Waals surface area contributed by atoms with Crippen LogP contribution < -0.4 is 15.5 Å². The van der Waals surface area contributed by atoms with Gasteiger partial charge in [0.1, 0.15) is 0 Å². The van der Waals surface area contributed by atoms with E-state index < -0.39 is 5.41 Å². The Labute approximate surface area is 177 Å². The van der Waals surface area contributed by atoms with Crippen molar-refractivity contribution in [1.82, 2.24) is 29.5 Å². The molecule has 2 aliphatic heterocycles. The highest BCUT2D eigenvalue weighted by molar-refractivity contribution is 6.06. The standard InChI is InChI=1S/C21H21N9O/c1-21(2)13-4-3-12(9-15(13)26-19(21)31)25-20-27-18-17(22-6-8-30(18)28-20)29-7-5-14-16(10-29)24-11-23-14/h3-4,6,8-9,11H,5,7,10H2,1-2H3,(H,23,24)(H,25,28)(H,26,31). The first-order chi connectivity index (χ1) is 15.0. The van der Waals surface area contributed by atoms with Crippen LogP contribution in [0.3, 0.4) is 0 Å². The summed E-state index contributed by atoms with van der Waals surface area (Å²) in [6, 6.07) is 5.82. The number of amides is 1. The van der Waals surface area contributed by atoms with Crippen LogP contribution in [-0.2, 0) is 23.2 Å². The fraction of sp³-hybridized carbons (Fsp3) is 0.286. The van der Waals surface area contributed by atoms with Gasteiger partial charge in [-0.25, -0.2) is 14.5 Å². The fourth-order valence-corrected chi connectivity index (χ4v) is 4.27. The molecule has 1 amide bonds. The predicted octanol–water partition coefficient (Wildman–Crippen LogP) is 2.38. The van der Waals surface area contributed by atoms with Crippen molar-refractivity contribution in [2.24, 2.45) is 0 Å². The summed E-state index contributed by atoms with van der Waals surface area (Å²) in [5.41, 5.74) is 4.98. The third-order valence-corrected chi connectivity index (χ3v) is 6.08. The first-order valence-corrected chi connectivity index (χ1v) is 10.2. The number of nitrogens with one attached hydrogen (secondary N) is 3. The van der Waals surface area contributed by atoms with E-state index in [4.69, 9.17) is 0 Å². The molecule has 0 radical (unpaired) electrons. The molecule has 6 rings (SSSR count). The quantitative estimate of drug-likeness (QED) is 0.470. The van der Waals surface area contributed by atoms with Crippen molar-refractivity contribution in [3.63, 3.8) is 0 Å². The molecule has 1 aromatic carbocycles. The summed E-state index contributed by atoms with van der Waals surface area (Å²) in [7, 11) is 0. The van der Waals surface area contributed by atoms with E-state index in [1.165, 1.54) is 5.69 Å². The predicted molar refractivity (Wildman–Crippen MR) is 116 cm³/mol. The summed E-state index contributed by atoms with van der Waals surface area (Å²) in [5, 5.41) is 10.8. The van der Waals surface area contributed by atoms with Gasteiger partial charge in [0, 0.05) is 42.4 Å². The van der Waals surface area contributed by atoms with Crippen molar-refractivity contribution in [1.29, 1.82) is 0 Å². The highest BCUT2D eigenvalue weighted by Gasteiger charge is 2.38. The van der Waals surface area contributed by atoms with Gasteiger partial charge in [0.05, 0.1) is 24.0 Å². The van der Waals surface area contributed by atoms with E-state index >= 15 is 0 Å². The average Bonchev–Trinajstić information content (AvgIpc) is 3.43. The van der Waals surface area contributed by atoms with E-state index in [0.29, 0.717) is 18.1 Å². The minimum Gasteiger partial charge on any atom is -0.348 e. The van der Waals surface area contributed by atoms with Crippen LogP contribution in [0.25, 0.3) is 5.65 Å². The fourth-order valence-electron chi connectivity index (χ4n) is 4.27. The Morgan fingerprint density at radius 2 is 2.13 bits per heavy atom. The Balaban J connectivity index is 1.31. The van der Waals surface area contributed by atoms with Crippen molar-refractivity contribution in [2.45, 2.75) is 32.2 Å². The van der Waals surface area contributed by atoms with Crippen LogP contribution in [0, 0.1) is 0 Å². The van der Waals surface area contributed by atoms with Crippen LogP contribution >= 0.6 is 0 Å². The monoisotopic (exact) mass is 415 g/mol. The zero-order chi connectivity index (χ0) is 21.2. The number of hydrogen-bond acceptors (Lipinski definition) is 7. The summed E-state index contributed by atoms with van der Waals surface area (Å²) in [5.74, 6) is 1.25. The molecule has 5 heterocycles. The molecule has 156 valence electrons. The Kier molecular flexibility index (Phi) is 3.62. The summed E-state index contributed by atoms with van der Waals surface area (Å²) in [4.78, 5) is 31.2. The number of rotatable bonds is 3. The Bertz CT molecular complexity index is 1340. The number of H-pyrrole nitrogens is 1. The van der Waals surface area contributed by atoms with Gasteiger partial charge < -0.3 is 20.5 Å². The number of aromatic amines is 1. The number of carbonyl (C=O) groups excluding carboxylic acids is 1. The summed E-state index contributed by atoms with van der Waals surface area (Å²) < 4.78 is 1.73. The van der Waals surface area contributed by atoms with Gasteiger partial charge in [0.25, 0.3) is 0 Å². The zero-order valence-corrected chi connectivity index (χ0v) is 17.2. The second-order valence-electron chi connectivity index (χ2n) is 8.42. The number of anilines is 4. The van der Waals surface area contributed by atoms with Crippen molar-refractivity contribution < 1.29 is 4.79 Å². The summed E-state index contributed by atoms with van der Waals surface area (Å²) in [6.07, 6.45) is 6.14. The zero-order valence-electron chi connectivity index (χ0n) is 17.2.